The number of para-hydroxylation sites is 1. The van der Waals surface area contributed by atoms with Gasteiger partial charge in [-0.15, -0.1) is 0 Å². The molecule has 0 radical (unpaired) electrons. The average molecular weight is 469 g/mol. The number of anilines is 1. The lowest BCUT2D eigenvalue weighted by Crippen LogP contribution is -2.29. The first-order valence-corrected chi connectivity index (χ1v) is 9.85. The van der Waals surface area contributed by atoms with Crippen LogP contribution >= 0.6 is 15.9 Å². The molecule has 0 spiro atoms. The standard InChI is InChI=1S/C22H17BrN2O5/c1-12-11-17(24-30-12)25-19(15-5-3-4-6-16(15)29-2)18(21(27)22(25)28)20(26)13-7-9-14(23)10-8-13/h3-11,19,26H,1-2H3/t19-/m1/s1. The van der Waals surface area contributed by atoms with Crippen molar-refractivity contribution in [1.29, 1.82) is 0 Å². The fourth-order valence-corrected chi connectivity index (χ4v) is 3.75. The van der Waals surface area contributed by atoms with E-state index in [1.807, 2.05) is 0 Å². The van der Waals surface area contributed by atoms with Gasteiger partial charge in [-0.25, -0.2) is 0 Å². The molecule has 1 aromatic heterocycles. The zero-order chi connectivity index (χ0) is 21.4. The third-order valence-corrected chi connectivity index (χ3v) is 5.39. The van der Waals surface area contributed by atoms with E-state index in [1.165, 1.54) is 12.0 Å². The molecule has 1 saturated heterocycles. The molecule has 152 valence electrons. The van der Waals surface area contributed by atoms with Crippen molar-refractivity contribution in [2.45, 2.75) is 13.0 Å². The van der Waals surface area contributed by atoms with E-state index in [9.17, 15) is 14.7 Å². The van der Waals surface area contributed by atoms with Gasteiger partial charge in [0.15, 0.2) is 5.82 Å². The summed E-state index contributed by atoms with van der Waals surface area (Å²) in [5.74, 6) is -0.764. The van der Waals surface area contributed by atoms with Crippen molar-refractivity contribution < 1.29 is 24.0 Å². The summed E-state index contributed by atoms with van der Waals surface area (Å²) in [6.07, 6.45) is 0. The number of carbonyl (C=O) groups excluding carboxylic acids is 2. The molecule has 3 aromatic rings. The Morgan fingerprint density at radius 2 is 1.87 bits per heavy atom. The van der Waals surface area contributed by atoms with Crippen LogP contribution in [0, 0.1) is 6.92 Å². The van der Waals surface area contributed by atoms with Gasteiger partial charge in [0, 0.05) is 21.7 Å². The van der Waals surface area contributed by atoms with Crippen LogP contribution in [-0.4, -0.2) is 29.1 Å². The van der Waals surface area contributed by atoms with E-state index in [1.54, 1.807) is 61.5 Å². The van der Waals surface area contributed by atoms with Gasteiger partial charge < -0.3 is 14.4 Å². The minimum atomic E-state index is -0.936. The molecule has 0 bridgehead atoms. The third kappa shape index (κ3) is 3.29. The number of hydrogen-bond acceptors (Lipinski definition) is 6. The topological polar surface area (TPSA) is 92.9 Å². The Bertz CT molecular complexity index is 1170. The fourth-order valence-electron chi connectivity index (χ4n) is 3.49. The third-order valence-electron chi connectivity index (χ3n) is 4.86. The largest absolute Gasteiger partial charge is 0.507 e. The van der Waals surface area contributed by atoms with Crippen molar-refractivity contribution in [3.63, 3.8) is 0 Å². The van der Waals surface area contributed by atoms with E-state index in [2.05, 4.69) is 21.1 Å². The zero-order valence-corrected chi connectivity index (χ0v) is 17.7. The van der Waals surface area contributed by atoms with Crippen molar-refractivity contribution in [2.24, 2.45) is 0 Å². The van der Waals surface area contributed by atoms with Gasteiger partial charge in [-0.1, -0.05) is 51.4 Å². The SMILES string of the molecule is COc1ccccc1[C@@H]1C(=C(O)c2ccc(Br)cc2)C(=O)C(=O)N1c1cc(C)on1. The van der Waals surface area contributed by atoms with Crippen LogP contribution in [-0.2, 0) is 9.59 Å². The number of aromatic nitrogens is 1. The quantitative estimate of drug-likeness (QED) is 0.347. The Labute approximate surface area is 180 Å². The maximum absolute atomic E-state index is 13.0. The molecule has 1 atom stereocenters. The molecule has 0 aliphatic carbocycles. The Morgan fingerprint density at radius 3 is 2.50 bits per heavy atom. The number of halogens is 1. The molecular formula is C22H17BrN2O5. The van der Waals surface area contributed by atoms with Gasteiger partial charge in [0.2, 0.25) is 0 Å². The van der Waals surface area contributed by atoms with Crippen LogP contribution in [0.15, 0.2) is 69.2 Å². The molecule has 1 N–H and O–H groups in total. The van der Waals surface area contributed by atoms with Gasteiger partial charge in [0.1, 0.15) is 23.3 Å². The van der Waals surface area contributed by atoms with Crippen LogP contribution in [0.25, 0.3) is 5.76 Å². The summed E-state index contributed by atoms with van der Waals surface area (Å²) < 4.78 is 11.4. The lowest BCUT2D eigenvalue weighted by atomic mass is 9.94. The maximum Gasteiger partial charge on any atom is 0.301 e. The first-order valence-electron chi connectivity index (χ1n) is 9.05. The average Bonchev–Trinajstić information content (AvgIpc) is 3.29. The number of hydrogen-bond donors (Lipinski definition) is 1. The van der Waals surface area contributed by atoms with E-state index < -0.39 is 17.7 Å². The number of Topliss-reactive ketones (excluding diaryl/α,β-unsaturated/α-hetero) is 1. The van der Waals surface area contributed by atoms with Gasteiger partial charge in [-0.05, 0) is 25.1 Å². The Morgan fingerprint density at radius 1 is 1.17 bits per heavy atom. The normalized spacial score (nSPS) is 18.1. The van der Waals surface area contributed by atoms with Gasteiger partial charge in [0.05, 0.1) is 12.7 Å². The number of aliphatic hydroxyl groups excluding tert-OH is 1. The lowest BCUT2D eigenvalue weighted by molar-refractivity contribution is -0.132. The molecular weight excluding hydrogens is 452 g/mol. The Kier molecular flexibility index (Phi) is 5.17. The van der Waals surface area contributed by atoms with Gasteiger partial charge in [-0.3, -0.25) is 14.5 Å². The molecule has 1 aliphatic rings. The molecule has 7 nitrogen and oxygen atoms in total. The summed E-state index contributed by atoms with van der Waals surface area (Å²) in [6.45, 7) is 1.69. The van der Waals surface area contributed by atoms with Crippen LogP contribution < -0.4 is 9.64 Å². The molecule has 2 aromatic carbocycles. The summed E-state index contributed by atoms with van der Waals surface area (Å²) in [4.78, 5) is 27.3. The summed E-state index contributed by atoms with van der Waals surface area (Å²) in [6, 6.07) is 14.4. The van der Waals surface area contributed by atoms with Gasteiger partial charge in [0.25, 0.3) is 5.78 Å². The van der Waals surface area contributed by atoms with E-state index in [-0.39, 0.29) is 17.2 Å². The highest BCUT2D eigenvalue weighted by atomic mass is 79.9. The maximum atomic E-state index is 13.0. The molecule has 1 amide bonds. The second-order valence-corrected chi connectivity index (χ2v) is 7.63. The highest BCUT2D eigenvalue weighted by Crippen LogP contribution is 2.44. The smallest absolute Gasteiger partial charge is 0.301 e. The highest BCUT2D eigenvalue weighted by molar-refractivity contribution is 9.10. The first kappa shape index (κ1) is 19.9. The molecule has 30 heavy (non-hydrogen) atoms. The van der Waals surface area contributed by atoms with Crippen LogP contribution in [0.1, 0.15) is 22.9 Å². The van der Waals surface area contributed by atoms with Crippen molar-refractivity contribution in [1.82, 2.24) is 5.16 Å². The first-order chi connectivity index (χ1) is 14.4. The van der Waals surface area contributed by atoms with E-state index >= 15 is 0 Å². The number of methoxy groups -OCH3 is 1. The molecule has 2 heterocycles. The highest BCUT2D eigenvalue weighted by Gasteiger charge is 2.49. The zero-order valence-electron chi connectivity index (χ0n) is 16.1. The van der Waals surface area contributed by atoms with Crippen LogP contribution in [0.4, 0.5) is 5.82 Å². The lowest BCUT2D eigenvalue weighted by Gasteiger charge is -2.24. The second-order valence-electron chi connectivity index (χ2n) is 6.71. The molecule has 0 saturated carbocycles. The molecule has 1 aliphatic heterocycles. The molecule has 1 fully saturated rings. The second kappa shape index (κ2) is 7.79. The van der Waals surface area contributed by atoms with E-state index in [0.29, 0.717) is 22.6 Å². The van der Waals surface area contributed by atoms with Crippen molar-refractivity contribution >= 4 is 39.2 Å². The van der Waals surface area contributed by atoms with Gasteiger partial charge in [-0.2, -0.15) is 0 Å². The predicted octanol–water partition coefficient (Wildman–Crippen LogP) is 4.38. The van der Waals surface area contributed by atoms with Gasteiger partial charge >= 0.3 is 5.91 Å². The van der Waals surface area contributed by atoms with Crippen molar-refractivity contribution in [3.8, 4) is 5.75 Å². The molecule has 4 rings (SSSR count). The Hall–Kier alpha value is -3.39. The fraction of sp³-hybridized carbons (Fsp3) is 0.136. The van der Waals surface area contributed by atoms with Crippen LogP contribution in [0.5, 0.6) is 5.75 Å². The number of ether oxygens (including phenoxy) is 1. The summed E-state index contributed by atoms with van der Waals surface area (Å²) >= 11 is 3.35. The minimum Gasteiger partial charge on any atom is -0.507 e. The number of carbonyl (C=O) groups is 2. The molecule has 8 heteroatoms. The number of amides is 1. The van der Waals surface area contributed by atoms with Crippen molar-refractivity contribution in [2.75, 3.05) is 12.0 Å². The number of aliphatic hydroxyl groups is 1. The summed E-state index contributed by atoms with van der Waals surface area (Å²) in [5, 5.41) is 15.0. The predicted molar refractivity (Wildman–Crippen MR) is 113 cm³/mol. The number of benzene rings is 2. The number of ketones is 1. The number of nitrogens with zero attached hydrogens (tertiary/aromatic N) is 2. The number of aryl methyl sites for hydroxylation is 1. The van der Waals surface area contributed by atoms with E-state index in [0.717, 1.165) is 4.47 Å². The van der Waals surface area contributed by atoms with Crippen LogP contribution in [0.2, 0.25) is 0 Å². The monoisotopic (exact) mass is 468 g/mol. The number of rotatable bonds is 4. The summed E-state index contributed by atoms with van der Waals surface area (Å²) in [7, 11) is 1.50. The van der Waals surface area contributed by atoms with Crippen molar-refractivity contribution in [3.05, 3.63) is 81.5 Å². The minimum absolute atomic E-state index is 0.0486. The summed E-state index contributed by atoms with van der Waals surface area (Å²) in [5.41, 5.74) is 0.901. The molecule has 0 unspecified atom stereocenters. The van der Waals surface area contributed by atoms with E-state index in [4.69, 9.17) is 9.26 Å². The Balaban J connectivity index is 1.98. The van der Waals surface area contributed by atoms with Crippen LogP contribution in [0.3, 0.4) is 0 Å².